The van der Waals surface area contributed by atoms with Crippen molar-refractivity contribution in [2.24, 2.45) is 0 Å². The number of aryl methyl sites for hydroxylation is 2. The van der Waals surface area contributed by atoms with E-state index in [1.807, 2.05) is 0 Å². The maximum atomic E-state index is 12.1. The number of carbonyl (C=O) groups excluding carboxylic acids is 2. The summed E-state index contributed by atoms with van der Waals surface area (Å²) in [5.74, 6) is -0.780. The van der Waals surface area contributed by atoms with Crippen LogP contribution < -0.4 is 5.32 Å². The first kappa shape index (κ1) is 16.3. The molecule has 5 heteroatoms. The van der Waals surface area contributed by atoms with E-state index in [1.165, 1.54) is 11.1 Å². The first-order valence-electron chi connectivity index (χ1n) is 8.18. The lowest BCUT2D eigenvalue weighted by atomic mass is 10.0. The van der Waals surface area contributed by atoms with E-state index in [4.69, 9.17) is 9.15 Å². The molecular weight excluding hydrogens is 306 g/mol. The number of amides is 1. The Morgan fingerprint density at radius 1 is 1.38 bits per heavy atom. The molecule has 1 atom stereocenters. The van der Waals surface area contributed by atoms with Gasteiger partial charge in [-0.05, 0) is 49.4 Å². The first-order chi connectivity index (χ1) is 11.6. The number of fused-ring (bicyclic) bond motifs is 2. The number of rotatable bonds is 6. The van der Waals surface area contributed by atoms with Gasteiger partial charge in [-0.25, -0.2) is 0 Å². The van der Waals surface area contributed by atoms with Crippen LogP contribution in [0.1, 0.15) is 30.0 Å². The molecule has 2 aromatic rings. The summed E-state index contributed by atoms with van der Waals surface area (Å²) in [4.78, 5) is 23.8. The second-order valence-corrected chi connectivity index (χ2v) is 6.07. The van der Waals surface area contributed by atoms with Gasteiger partial charge in [0.05, 0.1) is 12.7 Å². The number of nitrogens with one attached hydrogen (secondary N) is 1. The van der Waals surface area contributed by atoms with Crippen LogP contribution in [0.3, 0.4) is 0 Å². The fourth-order valence-corrected chi connectivity index (χ4v) is 3.05. The van der Waals surface area contributed by atoms with Gasteiger partial charge in [-0.2, -0.15) is 0 Å². The molecule has 1 unspecified atom stereocenters. The zero-order chi connectivity index (χ0) is 17.1. The largest absolute Gasteiger partial charge is 0.464 e. The monoisotopic (exact) mass is 327 g/mol. The van der Waals surface area contributed by atoms with Crippen molar-refractivity contribution in [3.05, 3.63) is 47.7 Å². The van der Waals surface area contributed by atoms with Crippen LogP contribution >= 0.6 is 0 Å². The van der Waals surface area contributed by atoms with Crippen molar-refractivity contribution in [2.75, 3.05) is 6.54 Å². The van der Waals surface area contributed by atoms with Crippen molar-refractivity contribution >= 4 is 22.8 Å². The molecule has 1 aliphatic carbocycles. The second-order valence-electron chi connectivity index (χ2n) is 6.07. The van der Waals surface area contributed by atoms with Crippen molar-refractivity contribution in [2.45, 2.75) is 38.7 Å². The van der Waals surface area contributed by atoms with Crippen LogP contribution in [0.25, 0.3) is 11.0 Å². The minimum absolute atomic E-state index is 0.0882. The standard InChI is InChI=1S/C19H21NO4/c1-3-7-20-19(22)12(2)24-18(21)10-15-11-23-17-9-14-6-4-5-13(14)8-16(15)17/h3,8-9,11-12H,1,4-7,10H2,2H3,(H,20,22). The molecule has 3 rings (SSSR count). The van der Waals surface area contributed by atoms with E-state index < -0.39 is 12.1 Å². The van der Waals surface area contributed by atoms with Crippen LogP contribution in [-0.4, -0.2) is 24.5 Å². The fraction of sp³-hybridized carbons (Fsp3) is 0.368. The Kier molecular flexibility index (Phi) is 4.69. The molecule has 0 radical (unpaired) electrons. The van der Waals surface area contributed by atoms with Crippen molar-refractivity contribution in [1.82, 2.24) is 5.32 Å². The summed E-state index contributed by atoms with van der Waals surface area (Å²) in [6, 6.07) is 4.18. The predicted molar refractivity (Wildman–Crippen MR) is 90.7 cm³/mol. The van der Waals surface area contributed by atoms with E-state index in [-0.39, 0.29) is 12.3 Å². The second kappa shape index (κ2) is 6.91. The lowest BCUT2D eigenvalue weighted by Crippen LogP contribution is -2.36. The Balaban J connectivity index is 1.67. The van der Waals surface area contributed by atoms with E-state index in [0.717, 1.165) is 35.8 Å². The van der Waals surface area contributed by atoms with E-state index in [1.54, 1.807) is 19.3 Å². The highest BCUT2D eigenvalue weighted by atomic mass is 16.5. The number of carbonyl (C=O) groups is 2. The van der Waals surface area contributed by atoms with Crippen molar-refractivity contribution < 1.29 is 18.7 Å². The number of esters is 1. The van der Waals surface area contributed by atoms with E-state index >= 15 is 0 Å². The first-order valence-corrected chi connectivity index (χ1v) is 8.18. The van der Waals surface area contributed by atoms with Crippen LogP contribution in [0.4, 0.5) is 0 Å². The Morgan fingerprint density at radius 3 is 2.88 bits per heavy atom. The summed E-state index contributed by atoms with van der Waals surface area (Å²) in [6.07, 6.45) is 5.74. The number of furan rings is 1. The predicted octanol–water partition coefficient (Wildman–Crippen LogP) is 2.70. The molecule has 0 saturated carbocycles. The van der Waals surface area contributed by atoms with Gasteiger partial charge in [-0.3, -0.25) is 9.59 Å². The minimum atomic E-state index is -0.833. The van der Waals surface area contributed by atoms with E-state index in [9.17, 15) is 9.59 Å². The summed E-state index contributed by atoms with van der Waals surface area (Å²) in [7, 11) is 0. The van der Waals surface area contributed by atoms with Gasteiger partial charge in [-0.1, -0.05) is 6.08 Å². The third kappa shape index (κ3) is 3.35. The molecule has 0 saturated heterocycles. The molecule has 0 fully saturated rings. The lowest BCUT2D eigenvalue weighted by Gasteiger charge is -2.12. The molecule has 1 amide bonds. The highest BCUT2D eigenvalue weighted by molar-refractivity contribution is 5.88. The SMILES string of the molecule is C=CCNC(=O)C(C)OC(=O)Cc1coc2cc3c(cc12)CCC3. The van der Waals surface area contributed by atoms with Gasteiger partial charge in [0.15, 0.2) is 6.10 Å². The molecule has 1 aromatic carbocycles. The highest BCUT2D eigenvalue weighted by Gasteiger charge is 2.20. The highest BCUT2D eigenvalue weighted by Crippen LogP contribution is 2.30. The fourth-order valence-electron chi connectivity index (χ4n) is 3.05. The summed E-state index contributed by atoms with van der Waals surface area (Å²) in [6.45, 7) is 5.42. The molecule has 126 valence electrons. The van der Waals surface area contributed by atoms with Gasteiger partial charge in [0.1, 0.15) is 5.58 Å². The van der Waals surface area contributed by atoms with Crippen LogP contribution in [0.5, 0.6) is 0 Å². The normalized spacial score (nSPS) is 14.2. The Bertz CT molecular complexity index is 790. The zero-order valence-corrected chi connectivity index (χ0v) is 13.8. The minimum Gasteiger partial charge on any atom is -0.464 e. The van der Waals surface area contributed by atoms with Crippen LogP contribution in [0.15, 0.2) is 35.5 Å². The lowest BCUT2D eigenvalue weighted by molar-refractivity contribution is -0.154. The van der Waals surface area contributed by atoms with Crippen molar-refractivity contribution in [3.8, 4) is 0 Å². The quantitative estimate of drug-likeness (QED) is 0.654. The third-order valence-electron chi connectivity index (χ3n) is 4.30. The molecular formula is C19H21NO4. The summed E-state index contributed by atoms with van der Waals surface area (Å²) >= 11 is 0. The Labute approximate surface area is 140 Å². The van der Waals surface area contributed by atoms with Gasteiger partial charge in [0, 0.05) is 17.5 Å². The average molecular weight is 327 g/mol. The third-order valence-corrected chi connectivity index (χ3v) is 4.30. The van der Waals surface area contributed by atoms with Crippen molar-refractivity contribution in [3.63, 3.8) is 0 Å². The smallest absolute Gasteiger partial charge is 0.311 e. The van der Waals surface area contributed by atoms with Crippen LogP contribution in [0.2, 0.25) is 0 Å². The molecule has 24 heavy (non-hydrogen) atoms. The maximum Gasteiger partial charge on any atom is 0.311 e. The van der Waals surface area contributed by atoms with Gasteiger partial charge < -0.3 is 14.5 Å². The number of hydrogen-bond donors (Lipinski definition) is 1. The molecule has 0 aliphatic heterocycles. The molecule has 0 spiro atoms. The van der Waals surface area contributed by atoms with E-state index in [0.29, 0.717) is 6.54 Å². The molecule has 0 bridgehead atoms. The van der Waals surface area contributed by atoms with E-state index in [2.05, 4.69) is 24.0 Å². The molecule has 1 aromatic heterocycles. The zero-order valence-electron chi connectivity index (χ0n) is 13.8. The van der Waals surface area contributed by atoms with Gasteiger partial charge in [0.2, 0.25) is 0 Å². The summed E-state index contributed by atoms with van der Waals surface area (Å²) in [5.41, 5.74) is 4.26. The van der Waals surface area contributed by atoms with Gasteiger partial charge in [-0.15, -0.1) is 6.58 Å². The molecule has 1 heterocycles. The van der Waals surface area contributed by atoms with Gasteiger partial charge in [0.25, 0.3) is 5.91 Å². The molecule has 1 N–H and O–H groups in total. The average Bonchev–Trinajstić information content (AvgIpc) is 3.17. The summed E-state index contributed by atoms with van der Waals surface area (Å²) < 4.78 is 10.8. The van der Waals surface area contributed by atoms with Gasteiger partial charge >= 0.3 is 5.97 Å². The topological polar surface area (TPSA) is 68.5 Å². The van der Waals surface area contributed by atoms with Crippen LogP contribution in [-0.2, 0) is 33.6 Å². The summed E-state index contributed by atoms with van der Waals surface area (Å²) in [5, 5.41) is 3.56. The molecule has 1 aliphatic rings. The number of benzene rings is 1. The van der Waals surface area contributed by atoms with Crippen molar-refractivity contribution in [1.29, 1.82) is 0 Å². The molecule has 5 nitrogen and oxygen atoms in total. The maximum absolute atomic E-state index is 12.1. The Morgan fingerprint density at radius 2 is 2.12 bits per heavy atom. The number of ether oxygens (including phenoxy) is 1. The Hall–Kier alpha value is -2.56. The number of hydrogen-bond acceptors (Lipinski definition) is 4. The van der Waals surface area contributed by atoms with Crippen LogP contribution in [0, 0.1) is 0 Å².